The van der Waals surface area contributed by atoms with E-state index in [0.717, 1.165) is 16.5 Å². The van der Waals surface area contributed by atoms with Gasteiger partial charge in [-0.2, -0.15) is 0 Å². The summed E-state index contributed by atoms with van der Waals surface area (Å²) in [4.78, 5) is 16.3. The predicted octanol–water partition coefficient (Wildman–Crippen LogP) is 3.64. The number of nitrogens with zero attached hydrogens (tertiary/aromatic N) is 1. The van der Waals surface area contributed by atoms with E-state index in [4.69, 9.17) is 20.9 Å². The summed E-state index contributed by atoms with van der Waals surface area (Å²) in [6.45, 7) is 6.26. The number of hydrogen-bond donors (Lipinski definition) is 3. The molecule has 0 aliphatic carbocycles. The maximum absolute atomic E-state index is 12.2. The predicted molar refractivity (Wildman–Crippen MR) is 115 cm³/mol. The highest BCUT2D eigenvalue weighted by Crippen LogP contribution is 2.33. The van der Waals surface area contributed by atoms with Gasteiger partial charge in [0.05, 0.1) is 12.7 Å². The van der Waals surface area contributed by atoms with Crippen molar-refractivity contribution < 1.29 is 14.3 Å². The van der Waals surface area contributed by atoms with Gasteiger partial charge in [-0.15, -0.1) is 0 Å². The van der Waals surface area contributed by atoms with Crippen molar-refractivity contribution in [3.8, 4) is 11.5 Å². The number of anilines is 2. The first-order valence-corrected chi connectivity index (χ1v) is 9.52. The largest absolute Gasteiger partial charge is 0.490 e. The molecule has 7 heteroatoms. The Labute approximate surface area is 170 Å². The molecule has 0 saturated carbocycles. The van der Waals surface area contributed by atoms with E-state index in [1.807, 2.05) is 51.1 Å². The van der Waals surface area contributed by atoms with Crippen LogP contribution in [0.2, 0.25) is 0 Å². The average molecular weight is 394 g/mol. The first kappa shape index (κ1) is 20.3. The molecule has 2 aromatic carbocycles. The molecule has 3 aromatic rings. The van der Waals surface area contributed by atoms with Crippen LogP contribution in [0.3, 0.4) is 0 Å². The minimum Gasteiger partial charge on any atom is -0.490 e. The van der Waals surface area contributed by atoms with Crippen LogP contribution in [0.4, 0.5) is 11.5 Å². The number of ether oxygens (including phenoxy) is 2. The molecule has 1 heterocycles. The molecule has 0 bridgehead atoms. The van der Waals surface area contributed by atoms with Gasteiger partial charge in [0.1, 0.15) is 11.9 Å². The first-order valence-electron chi connectivity index (χ1n) is 9.52. The van der Waals surface area contributed by atoms with Crippen LogP contribution in [0.5, 0.6) is 11.5 Å². The van der Waals surface area contributed by atoms with Gasteiger partial charge in [-0.25, -0.2) is 4.98 Å². The topological polar surface area (TPSA) is 112 Å². The molecule has 0 fully saturated rings. The molecule has 152 valence electrons. The van der Waals surface area contributed by atoms with Crippen LogP contribution in [-0.4, -0.2) is 23.6 Å². The normalized spacial score (nSPS) is 12.0. The fourth-order valence-electron chi connectivity index (χ4n) is 3.10. The molecule has 3 rings (SSSR count). The van der Waals surface area contributed by atoms with Gasteiger partial charge in [0.15, 0.2) is 11.5 Å². The molecule has 1 atom stereocenters. The maximum Gasteiger partial charge on any atom is 0.244 e. The Kier molecular flexibility index (Phi) is 6.07. The van der Waals surface area contributed by atoms with Crippen LogP contribution in [0.15, 0.2) is 48.7 Å². The van der Waals surface area contributed by atoms with Gasteiger partial charge < -0.3 is 26.3 Å². The lowest BCUT2D eigenvalue weighted by Gasteiger charge is -2.20. The highest BCUT2D eigenvalue weighted by Gasteiger charge is 2.20. The molecule has 1 amide bonds. The number of carbonyl (C=O) groups excluding carboxylic acids is 1. The Balaban J connectivity index is 1.93. The van der Waals surface area contributed by atoms with Crippen LogP contribution >= 0.6 is 0 Å². The molecule has 7 nitrogen and oxygen atoms in total. The summed E-state index contributed by atoms with van der Waals surface area (Å²) in [5.41, 5.74) is 13.0. The van der Waals surface area contributed by atoms with Gasteiger partial charge in [-0.1, -0.05) is 6.07 Å². The number of aromatic nitrogens is 1. The molecule has 0 aliphatic heterocycles. The van der Waals surface area contributed by atoms with Gasteiger partial charge in [0.25, 0.3) is 0 Å². The molecule has 29 heavy (non-hydrogen) atoms. The SMILES string of the molecule is CCOc1cc(C(Nc2ccc3c(N)nccc3c2)C(N)=O)ccc1OC(C)C. The highest BCUT2D eigenvalue weighted by atomic mass is 16.5. The Morgan fingerprint density at radius 1 is 1.14 bits per heavy atom. The summed E-state index contributed by atoms with van der Waals surface area (Å²) in [5, 5.41) is 4.97. The van der Waals surface area contributed by atoms with E-state index in [9.17, 15) is 4.79 Å². The van der Waals surface area contributed by atoms with Crippen LogP contribution in [0, 0.1) is 0 Å². The van der Waals surface area contributed by atoms with Gasteiger partial charge in [-0.3, -0.25) is 4.79 Å². The Morgan fingerprint density at radius 2 is 1.93 bits per heavy atom. The third kappa shape index (κ3) is 4.68. The zero-order chi connectivity index (χ0) is 21.0. The number of amides is 1. The van der Waals surface area contributed by atoms with E-state index in [0.29, 0.717) is 29.5 Å². The summed E-state index contributed by atoms with van der Waals surface area (Å²) in [6.07, 6.45) is 1.65. The molecule has 0 radical (unpaired) electrons. The van der Waals surface area contributed by atoms with Crippen molar-refractivity contribution in [3.05, 3.63) is 54.2 Å². The molecular weight excluding hydrogens is 368 g/mol. The lowest BCUT2D eigenvalue weighted by atomic mass is 10.0. The number of pyridine rings is 1. The Hall–Kier alpha value is -3.48. The Morgan fingerprint density at radius 3 is 2.62 bits per heavy atom. The van der Waals surface area contributed by atoms with Gasteiger partial charge in [-0.05, 0) is 68.1 Å². The fraction of sp³-hybridized carbons (Fsp3) is 0.273. The van der Waals surface area contributed by atoms with Crippen LogP contribution in [-0.2, 0) is 4.79 Å². The second-order valence-electron chi connectivity index (χ2n) is 6.92. The number of fused-ring (bicyclic) bond motifs is 1. The lowest BCUT2D eigenvalue weighted by Crippen LogP contribution is -2.27. The summed E-state index contributed by atoms with van der Waals surface area (Å²) in [5.74, 6) is 1.16. The number of nitrogens with two attached hydrogens (primary N) is 2. The number of nitrogen functional groups attached to an aromatic ring is 1. The summed E-state index contributed by atoms with van der Waals surface area (Å²) < 4.78 is 11.5. The second kappa shape index (κ2) is 8.68. The molecule has 0 saturated heterocycles. The molecule has 1 aromatic heterocycles. The van der Waals surface area contributed by atoms with Crippen molar-refractivity contribution in [2.75, 3.05) is 17.7 Å². The van der Waals surface area contributed by atoms with Crippen molar-refractivity contribution in [2.45, 2.75) is 32.9 Å². The maximum atomic E-state index is 12.2. The lowest BCUT2D eigenvalue weighted by molar-refractivity contribution is -0.118. The highest BCUT2D eigenvalue weighted by molar-refractivity contribution is 5.93. The molecule has 0 aliphatic rings. The number of carbonyl (C=O) groups is 1. The second-order valence-corrected chi connectivity index (χ2v) is 6.92. The minimum atomic E-state index is -0.737. The minimum absolute atomic E-state index is 0.00430. The molecular formula is C22H26N4O3. The number of rotatable bonds is 8. The van der Waals surface area contributed by atoms with E-state index in [1.165, 1.54) is 0 Å². The van der Waals surface area contributed by atoms with Crippen LogP contribution in [0.1, 0.15) is 32.4 Å². The zero-order valence-corrected chi connectivity index (χ0v) is 16.8. The monoisotopic (exact) mass is 394 g/mol. The number of nitrogens with one attached hydrogen (secondary N) is 1. The Bertz CT molecular complexity index is 1020. The van der Waals surface area contributed by atoms with E-state index >= 15 is 0 Å². The standard InChI is InChI=1S/C22H26N4O3/c1-4-28-19-12-15(5-8-18(19)29-13(2)3)20(22(24)27)26-16-6-7-17-14(11-16)9-10-25-21(17)23/h5-13,20,26H,4H2,1-3H3,(H2,23,25)(H2,24,27). The molecule has 1 unspecified atom stereocenters. The van der Waals surface area contributed by atoms with Crippen molar-refractivity contribution in [1.29, 1.82) is 0 Å². The summed E-state index contributed by atoms with van der Waals surface area (Å²) in [6, 6.07) is 12.1. The number of primary amides is 1. The first-order chi connectivity index (χ1) is 13.9. The fourth-order valence-corrected chi connectivity index (χ4v) is 3.10. The van der Waals surface area contributed by atoms with Crippen molar-refractivity contribution in [3.63, 3.8) is 0 Å². The average Bonchev–Trinajstić information content (AvgIpc) is 2.67. The summed E-state index contributed by atoms with van der Waals surface area (Å²) in [7, 11) is 0. The summed E-state index contributed by atoms with van der Waals surface area (Å²) >= 11 is 0. The van der Waals surface area contributed by atoms with Crippen LogP contribution < -0.4 is 26.3 Å². The van der Waals surface area contributed by atoms with Crippen LogP contribution in [0.25, 0.3) is 10.8 Å². The number of hydrogen-bond acceptors (Lipinski definition) is 6. The van der Waals surface area contributed by atoms with Crippen molar-refractivity contribution in [1.82, 2.24) is 4.98 Å². The zero-order valence-electron chi connectivity index (χ0n) is 16.8. The smallest absolute Gasteiger partial charge is 0.244 e. The van der Waals surface area contributed by atoms with Gasteiger partial charge >= 0.3 is 0 Å². The van der Waals surface area contributed by atoms with E-state index < -0.39 is 11.9 Å². The quantitative estimate of drug-likeness (QED) is 0.538. The van der Waals surface area contributed by atoms with Gasteiger partial charge in [0.2, 0.25) is 5.91 Å². The van der Waals surface area contributed by atoms with Crippen molar-refractivity contribution in [2.24, 2.45) is 5.73 Å². The van der Waals surface area contributed by atoms with Gasteiger partial charge in [0, 0.05) is 17.3 Å². The van der Waals surface area contributed by atoms with E-state index in [-0.39, 0.29) is 6.10 Å². The van der Waals surface area contributed by atoms with E-state index in [2.05, 4.69) is 10.3 Å². The van der Waals surface area contributed by atoms with Crippen molar-refractivity contribution >= 4 is 28.2 Å². The molecule has 0 spiro atoms. The number of benzene rings is 2. The third-order valence-electron chi connectivity index (χ3n) is 4.35. The van der Waals surface area contributed by atoms with E-state index in [1.54, 1.807) is 18.3 Å². The molecule has 5 N–H and O–H groups in total. The third-order valence-corrected chi connectivity index (χ3v) is 4.35.